The summed E-state index contributed by atoms with van der Waals surface area (Å²) in [5.74, 6) is -0.436. The molecule has 0 radical (unpaired) electrons. The highest BCUT2D eigenvalue weighted by Gasteiger charge is 2.07. The zero-order chi connectivity index (χ0) is 21.6. The molecule has 2 aromatic rings. The quantitative estimate of drug-likeness (QED) is 0.225. The number of methoxy groups -OCH3 is 1. The Morgan fingerprint density at radius 3 is 2.00 bits per heavy atom. The van der Waals surface area contributed by atoms with E-state index in [0.717, 1.165) is 16.8 Å². The standard InChI is InChI=1S/C23H29NO6/c1-28-16-17-29-18-30-23(27)21-8-4-19(5-9-21)2-3-20-6-10-22(11-7-20)24(12-14-25)13-15-26/h2-11,25-26H,12-18H2,1H3. The van der Waals surface area contributed by atoms with E-state index in [1.807, 2.05) is 53.5 Å². The van der Waals surface area contributed by atoms with Gasteiger partial charge >= 0.3 is 5.97 Å². The molecule has 0 bridgehead atoms. The van der Waals surface area contributed by atoms with Gasteiger partial charge in [0.1, 0.15) is 0 Å². The molecule has 0 fully saturated rings. The van der Waals surface area contributed by atoms with Crippen LogP contribution in [0.5, 0.6) is 0 Å². The third kappa shape index (κ3) is 7.96. The van der Waals surface area contributed by atoms with Crippen LogP contribution in [0.2, 0.25) is 0 Å². The Morgan fingerprint density at radius 2 is 1.47 bits per heavy atom. The Hall–Kier alpha value is -2.71. The van der Waals surface area contributed by atoms with E-state index in [2.05, 4.69) is 0 Å². The predicted octanol–water partition coefficient (Wildman–Crippen LogP) is 2.43. The molecule has 0 aliphatic rings. The van der Waals surface area contributed by atoms with Gasteiger partial charge in [0.2, 0.25) is 0 Å². The summed E-state index contributed by atoms with van der Waals surface area (Å²) in [4.78, 5) is 13.9. The Morgan fingerprint density at radius 1 is 0.900 bits per heavy atom. The number of ether oxygens (including phenoxy) is 3. The minimum absolute atomic E-state index is 0.0338. The SMILES string of the molecule is COCCOCOC(=O)c1ccc(C=Cc2ccc(N(CCO)CCO)cc2)cc1. The summed E-state index contributed by atoms with van der Waals surface area (Å²) < 4.78 is 15.0. The number of hydrogen-bond donors (Lipinski definition) is 2. The molecule has 7 heteroatoms. The Labute approximate surface area is 177 Å². The molecule has 2 N–H and O–H groups in total. The minimum atomic E-state index is -0.436. The fraction of sp³-hybridized carbons (Fsp3) is 0.348. The van der Waals surface area contributed by atoms with Crippen LogP contribution in [-0.4, -0.2) is 69.6 Å². The Bertz CT molecular complexity index is 767. The lowest BCUT2D eigenvalue weighted by atomic mass is 10.1. The van der Waals surface area contributed by atoms with Crippen molar-refractivity contribution in [2.45, 2.75) is 0 Å². The van der Waals surface area contributed by atoms with E-state index >= 15 is 0 Å². The first-order valence-corrected chi connectivity index (χ1v) is 9.76. The molecule has 0 amide bonds. The monoisotopic (exact) mass is 415 g/mol. The third-order valence-electron chi connectivity index (χ3n) is 4.32. The van der Waals surface area contributed by atoms with Gasteiger partial charge in [-0.3, -0.25) is 0 Å². The van der Waals surface area contributed by atoms with E-state index in [0.29, 0.717) is 31.9 Å². The van der Waals surface area contributed by atoms with Gasteiger partial charge in [0.25, 0.3) is 0 Å². The molecular formula is C23H29NO6. The molecule has 0 spiro atoms. The van der Waals surface area contributed by atoms with E-state index < -0.39 is 5.97 Å². The smallest absolute Gasteiger partial charge is 0.340 e. The molecule has 0 saturated heterocycles. The fourth-order valence-electron chi connectivity index (χ4n) is 2.71. The molecule has 0 unspecified atom stereocenters. The Balaban J connectivity index is 1.89. The molecule has 2 rings (SSSR count). The number of carbonyl (C=O) groups is 1. The zero-order valence-electron chi connectivity index (χ0n) is 17.2. The van der Waals surface area contributed by atoms with Crippen LogP contribution in [0.3, 0.4) is 0 Å². The van der Waals surface area contributed by atoms with Gasteiger partial charge in [-0.25, -0.2) is 4.79 Å². The van der Waals surface area contributed by atoms with Crippen LogP contribution >= 0.6 is 0 Å². The molecule has 7 nitrogen and oxygen atoms in total. The molecule has 0 aromatic heterocycles. The van der Waals surface area contributed by atoms with Gasteiger partial charge in [-0.1, -0.05) is 36.4 Å². The summed E-state index contributed by atoms with van der Waals surface area (Å²) in [6, 6.07) is 15.0. The predicted molar refractivity (Wildman–Crippen MR) is 116 cm³/mol. The van der Waals surface area contributed by atoms with Gasteiger partial charge in [0.05, 0.1) is 32.0 Å². The lowest BCUT2D eigenvalue weighted by Gasteiger charge is -2.22. The molecule has 0 saturated carbocycles. The molecule has 162 valence electrons. The number of carbonyl (C=O) groups excluding carboxylic acids is 1. The largest absolute Gasteiger partial charge is 0.435 e. The van der Waals surface area contributed by atoms with E-state index in [4.69, 9.17) is 24.4 Å². The van der Waals surface area contributed by atoms with Crippen molar-refractivity contribution in [1.29, 1.82) is 0 Å². The first kappa shape index (κ1) is 23.6. The van der Waals surface area contributed by atoms with Crippen molar-refractivity contribution in [3.8, 4) is 0 Å². The molecule has 30 heavy (non-hydrogen) atoms. The lowest BCUT2D eigenvalue weighted by Crippen LogP contribution is -2.29. The third-order valence-corrected chi connectivity index (χ3v) is 4.32. The summed E-state index contributed by atoms with van der Waals surface area (Å²) in [6.07, 6.45) is 3.93. The lowest BCUT2D eigenvalue weighted by molar-refractivity contribution is -0.0435. The summed E-state index contributed by atoms with van der Waals surface area (Å²) in [7, 11) is 1.58. The maximum Gasteiger partial charge on any atom is 0.340 e. The van der Waals surface area contributed by atoms with Crippen LogP contribution in [0.25, 0.3) is 12.2 Å². The van der Waals surface area contributed by atoms with Crippen molar-refractivity contribution >= 4 is 23.8 Å². The average molecular weight is 415 g/mol. The van der Waals surface area contributed by atoms with Gasteiger partial charge in [-0.05, 0) is 35.4 Å². The van der Waals surface area contributed by atoms with Gasteiger partial charge in [-0.15, -0.1) is 0 Å². The number of nitrogens with zero attached hydrogens (tertiary/aromatic N) is 1. The van der Waals surface area contributed by atoms with Crippen molar-refractivity contribution in [2.75, 3.05) is 58.3 Å². The van der Waals surface area contributed by atoms with Crippen LogP contribution < -0.4 is 4.90 Å². The molecule has 0 aliphatic heterocycles. The molecule has 0 heterocycles. The fourth-order valence-corrected chi connectivity index (χ4v) is 2.71. The summed E-state index contributed by atoms with van der Waals surface area (Å²) in [5, 5.41) is 18.3. The highest BCUT2D eigenvalue weighted by molar-refractivity contribution is 5.89. The number of esters is 1. The zero-order valence-corrected chi connectivity index (χ0v) is 17.2. The maximum absolute atomic E-state index is 12.0. The van der Waals surface area contributed by atoms with Crippen molar-refractivity contribution < 1.29 is 29.2 Å². The number of benzene rings is 2. The van der Waals surface area contributed by atoms with E-state index in [1.165, 1.54) is 0 Å². The molecule has 0 aliphatic carbocycles. The average Bonchev–Trinajstić information content (AvgIpc) is 2.78. The van der Waals surface area contributed by atoms with Gasteiger partial charge < -0.3 is 29.3 Å². The van der Waals surface area contributed by atoms with Crippen LogP contribution in [0.15, 0.2) is 48.5 Å². The second-order valence-corrected chi connectivity index (χ2v) is 6.43. The van der Waals surface area contributed by atoms with E-state index in [9.17, 15) is 4.79 Å². The van der Waals surface area contributed by atoms with Crippen LogP contribution in [-0.2, 0) is 14.2 Å². The van der Waals surface area contributed by atoms with Gasteiger partial charge in [0.15, 0.2) is 6.79 Å². The van der Waals surface area contributed by atoms with Crippen LogP contribution in [0, 0.1) is 0 Å². The van der Waals surface area contributed by atoms with Crippen LogP contribution in [0.4, 0.5) is 5.69 Å². The van der Waals surface area contributed by atoms with Crippen molar-refractivity contribution in [1.82, 2.24) is 0 Å². The topological polar surface area (TPSA) is 88.5 Å². The van der Waals surface area contributed by atoms with Gasteiger partial charge in [-0.2, -0.15) is 0 Å². The van der Waals surface area contributed by atoms with Crippen molar-refractivity contribution in [3.05, 3.63) is 65.2 Å². The van der Waals surface area contributed by atoms with Crippen molar-refractivity contribution in [2.24, 2.45) is 0 Å². The highest BCUT2D eigenvalue weighted by Crippen LogP contribution is 2.17. The molecule has 2 aromatic carbocycles. The normalized spacial score (nSPS) is 11.0. The number of hydrogen-bond acceptors (Lipinski definition) is 7. The van der Waals surface area contributed by atoms with E-state index in [-0.39, 0.29) is 20.0 Å². The van der Waals surface area contributed by atoms with Crippen LogP contribution in [0.1, 0.15) is 21.5 Å². The summed E-state index contributed by atoms with van der Waals surface area (Å²) in [6.45, 7) is 1.74. The minimum Gasteiger partial charge on any atom is -0.435 e. The first-order chi connectivity index (χ1) is 14.7. The number of aliphatic hydroxyl groups is 2. The van der Waals surface area contributed by atoms with E-state index in [1.54, 1.807) is 19.2 Å². The maximum atomic E-state index is 12.0. The molecule has 0 atom stereocenters. The second-order valence-electron chi connectivity index (χ2n) is 6.43. The van der Waals surface area contributed by atoms with Crippen molar-refractivity contribution in [3.63, 3.8) is 0 Å². The summed E-state index contributed by atoms with van der Waals surface area (Å²) >= 11 is 0. The number of anilines is 1. The van der Waals surface area contributed by atoms with Gasteiger partial charge in [0, 0.05) is 25.9 Å². The Kier molecular flexibility index (Phi) is 10.6. The number of aliphatic hydroxyl groups excluding tert-OH is 2. The highest BCUT2D eigenvalue weighted by atomic mass is 16.7. The number of rotatable bonds is 13. The molecular weight excluding hydrogens is 386 g/mol. The summed E-state index contributed by atoms with van der Waals surface area (Å²) in [5.41, 5.74) is 3.38. The second kappa shape index (κ2) is 13.5. The first-order valence-electron chi connectivity index (χ1n) is 9.76.